The van der Waals surface area contributed by atoms with Crippen molar-refractivity contribution in [3.05, 3.63) is 30.1 Å². The summed E-state index contributed by atoms with van der Waals surface area (Å²) in [6.07, 6.45) is 5.07. The van der Waals surface area contributed by atoms with Crippen LogP contribution in [-0.2, 0) is 0 Å². The lowest BCUT2D eigenvalue weighted by Crippen LogP contribution is -2.31. The molecule has 0 aliphatic rings. The van der Waals surface area contributed by atoms with Gasteiger partial charge in [-0.3, -0.25) is 10.2 Å². The fraction of sp³-hybridized carbons (Fsp3) is 0.400. The molecule has 1 rings (SSSR count). The zero-order valence-corrected chi connectivity index (χ0v) is 8.23. The van der Waals surface area contributed by atoms with Crippen LogP contribution < -0.4 is 0 Å². The van der Waals surface area contributed by atoms with Gasteiger partial charge in [0.1, 0.15) is 0 Å². The smallest absolute Gasteiger partial charge is 0.224 e. The third-order valence-corrected chi connectivity index (χ3v) is 1.64. The number of nitrogens with zero attached hydrogens (tertiary/aromatic N) is 2. The van der Waals surface area contributed by atoms with Crippen molar-refractivity contribution >= 4 is 6.21 Å². The first-order valence-electron chi connectivity index (χ1n) is 4.23. The van der Waals surface area contributed by atoms with Crippen LogP contribution in [0.15, 0.2) is 24.5 Å². The van der Waals surface area contributed by atoms with E-state index in [1.54, 1.807) is 18.6 Å². The Hall–Kier alpha value is -1.38. The third-order valence-electron chi connectivity index (χ3n) is 1.64. The Morgan fingerprint density at radius 3 is 2.62 bits per heavy atom. The average Bonchev–Trinajstić information content (AvgIpc) is 2.04. The van der Waals surface area contributed by atoms with Gasteiger partial charge < -0.3 is 0 Å². The van der Waals surface area contributed by atoms with Crippen molar-refractivity contribution < 1.29 is 9.95 Å². The van der Waals surface area contributed by atoms with Crippen LogP contribution in [0.2, 0.25) is 0 Å². The van der Waals surface area contributed by atoms with Crippen molar-refractivity contribution in [3.63, 3.8) is 0 Å². The number of hydrogen-bond donors (Lipinski definition) is 1. The second-order valence-corrected chi connectivity index (χ2v) is 3.93. The van der Waals surface area contributed by atoms with Gasteiger partial charge in [0.15, 0.2) is 0 Å². The molecule has 0 unspecified atom stereocenters. The van der Waals surface area contributed by atoms with E-state index in [0.717, 1.165) is 5.56 Å². The fourth-order valence-corrected chi connectivity index (χ4v) is 0.787. The lowest BCUT2D eigenvalue weighted by atomic mass is 10.1. The molecule has 1 N–H and O–H groups in total. The van der Waals surface area contributed by atoms with E-state index in [1.807, 2.05) is 32.9 Å². The molecule has 3 nitrogen and oxygen atoms in total. The molecule has 13 heavy (non-hydrogen) atoms. The minimum Gasteiger partial charge on any atom is -0.290 e. The molecule has 0 amide bonds. The molecule has 0 atom stereocenters. The quantitative estimate of drug-likeness (QED) is 0.308. The van der Waals surface area contributed by atoms with Crippen molar-refractivity contribution in [2.75, 3.05) is 0 Å². The van der Waals surface area contributed by atoms with E-state index in [2.05, 4.69) is 4.98 Å². The molecule has 0 fully saturated rings. The Kier molecular flexibility index (Phi) is 2.66. The maximum atomic E-state index is 9.59. The predicted molar refractivity (Wildman–Crippen MR) is 51.2 cm³/mol. The first kappa shape index (κ1) is 9.71. The van der Waals surface area contributed by atoms with Gasteiger partial charge in [0.25, 0.3) is 0 Å². The maximum Gasteiger partial charge on any atom is 0.224 e. The van der Waals surface area contributed by atoms with Gasteiger partial charge in [-0.15, -0.1) is 0 Å². The van der Waals surface area contributed by atoms with Crippen LogP contribution in [0, 0.1) is 0 Å². The van der Waals surface area contributed by atoms with Gasteiger partial charge in [-0.2, -0.15) is 0 Å². The number of pyridine rings is 1. The Morgan fingerprint density at radius 2 is 2.15 bits per heavy atom. The second-order valence-electron chi connectivity index (χ2n) is 3.93. The van der Waals surface area contributed by atoms with Crippen LogP contribution in [0.25, 0.3) is 0 Å². The van der Waals surface area contributed by atoms with Crippen molar-refractivity contribution in [1.29, 1.82) is 0 Å². The Labute approximate surface area is 78.3 Å². The van der Waals surface area contributed by atoms with E-state index in [0.29, 0.717) is 0 Å². The Morgan fingerprint density at radius 1 is 1.46 bits per heavy atom. The molecule has 1 aromatic heterocycles. The molecule has 0 saturated carbocycles. The summed E-state index contributed by atoms with van der Waals surface area (Å²) < 4.78 is 1.18. The van der Waals surface area contributed by atoms with Crippen molar-refractivity contribution in [3.8, 4) is 0 Å². The van der Waals surface area contributed by atoms with Gasteiger partial charge in [0, 0.05) is 33.2 Å². The summed E-state index contributed by atoms with van der Waals surface area (Å²) in [5.74, 6) is 0. The van der Waals surface area contributed by atoms with Gasteiger partial charge in [-0.25, -0.2) is 0 Å². The summed E-state index contributed by atoms with van der Waals surface area (Å²) in [6.45, 7) is 5.79. The summed E-state index contributed by atoms with van der Waals surface area (Å²) in [5, 5.41) is 9.59. The number of hydrogen-bond acceptors (Lipinski definition) is 2. The standard InChI is InChI=1S/C10H15N2O/c1-10(2,3)12(13)8-9-5-4-6-11-7-9/h4-8,13H,1-3H3/q+1. The Bertz CT molecular complexity index is 298. The van der Waals surface area contributed by atoms with Gasteiger partial charge in [0.2, 0.25) is 11.8 Å². The molecule has 0 aliphatic heterocycles. The molecule has 3 heteroatoms. The third kappa shape index (κ3) is 2.86. The van der Waals surface area contributed by atoms with E-state index in [9.17, 15) is 5.21 Å². The Balaban J connectivity index is 2.90. The molecule has 1 heterocycles. The van der Waals surface area contributed by atoms with Crippen LogP contribution in [0.1, 0.15) is 26.3 Å². The lowest BCUT2D eigenvalue weighted by Gasteiger charge is -2.08. The fourth-order valence-electron chi connectivity index (χ4n) is 0.787. The van der Waals surface area contributed by atoms with Gasteiger partial charge in [0.05, 0.1) is 5.56 Å². The highest BCUT2D eigenvalue weighted by atomic mass is 16.5. The summed E-state index contributed by atoms with van der Waals surface area (Å²) in [6, 6.07) is 3.73. The van der Waals surface area contributed by atoms with Crippen molar-refractivity contribution in [2.45, 2.75) is 26.3 Å². The highest BCUT2D eigenvalue weighted by molar-refractivity contribution is 5.74. The molecular formula is C10H15N2O+. The predicted octanol–water partition coefficient (Wildman–Crippen LogP) is 1.70. The van der Waals surface area contributed by atoms with Crippen LogP contribution in [-0.4, -0.2) is 26.7 Å². The van der Waals surface area contributed by atoms with E-state index < -0.39 is 0 Å². The number of aromatic nitrogens is 1. The first-order chi connectivity index (χ1) is 6.00. The monoisotopic (exact) mass is 179 g/mol. The topological polar surface area (TPSA) is 36.1 Å². The van der Waals surface area contributed by atoms with E-state index in [-0.39, 0.29) is 5.54 Å². The molecule has 0 bridgehead atoms. The number of hydroxylamine groups is 1. The van der Waals surface area contributed by atoms with Crippen LogP contribution in [0.4, 0.5) is 0 Å². The van der Waals surface area contributed by atoms with E-state index in [4.69, 9.17) is 0 Å². The average molecular weight is 179 g/mol. The molecule has 0 spiro atoms. The largest absolute Gasteiger partial charge is 0.290 e. The zero-order valence-electron chi connectivity index (χ0n) is 8.23. The van der Waals surface area contributed by atoms with Crippen molar-refractivity contribution in [2.24, 2.45) is 0 Å². The SMILES string of the molecule is CC(C)(C)/[N+](O)=C/c1cccnc1. The molecule has 1 aromatic rings. The summed E-state index contributed by atoms with van der Waals surface area (Å²) >= 11 is 0. The van der Waals surface area contributed by atoms with Gasteiger partial charge in [-0.05, 0) is 16.9 Å². The summed E-state index contributed by atoms with van der Waals surface area (Å²) in [4.78, 5) is 3.95. The molecule has 70 valence electrons. The van der Waals surface area contributed by atoms with Crippen LogP contribution in [0.3, 0.4) is 0 Å². The summed E-state index contributed by atoms with van der Waals surface area (Å²) in [7, 11) is 0. The molecule has 0 saturated heterocycles. The van der Waals surface area contributed by atoms with Crippen molar-refractivity contribution in [1.82, 2.24) is 4.98 Å². The highest BCUT2D eigenvalue weighted by Gasteiger charge is 2.23. The zero-order chi connectivity index (χ0) is 9.90. The molecular weight excluding hydrogens is 164 g/mol. The minimum atomic E-state index is -0.282. The van der Waals surface area contributed by atoms with Gasteiger partial charge >= 0.3 is 0 Å². The second kappa shape index (κ2) is 3.56. The normalized spacial score (nSPS) is 13.0. The van der Waals surface area contributed by atoms with Gasteiger partial charge in [-0.1, -0.05) is 0 Å². The van der Waals surface area contributed by atoms with E-state index >= 15 is 0 Å². The minimum absolute atomic E-state index is 0.282. The van der Waals surface area contributed by atoms with E-state index in [1.165, 1.54) is 4.74 Å². The summed E-state index contributed by atoms with van der Waals surface area (Å²) in [5.41, 5.74) is 0.607. The van der Waals surface area contributed by atoms with Crippen LogP contribution >= 0.6 is 0 Å². The lowest BCUT2D eigenvalue weighted by molar-refractivity contribution is -0.816. The molecule has 0 aliphatic carbocycles. The van der Waals surface area contributed by atoms with Crippen LogP contribution in [0.5, 0.6) is 0 Å². The highest BCUT2D eigenvalue weighted by Crippen LogP contribution is 2.04. The number of rotatable bonds is 1. The molecule has 0 aromatic carbocycles. The molecule has 0 radical (unpaired) electrons. The maximum absolute atomic E-state index is 9.59. The first-order valence-corrected chi connectivity index (χ1v) is 4.23.